The number of amides is 1. The molecular formula is C21H16N4O2S. The zero-order valence-corrected chi connectivity index (χ0v) is 15.8. The van der Waals surface area contributed by atoms with Gasteiger partial charge in [0.1, 0.15) is 5.82 Å². The van der Waals surface area contributed by atoms with E-state index in [0.29, 0.717) is 27.6 Å². The molecule has 0 unspecified atom stereocenters. The molecule has 2 aromatic carbocycles. The van der Waals surface area contributed by atoms with Gasteiger partial charge in [0.25, 0.3) is 0 Å². The topological polar surface area (TPSA) is 94.9 Å². The highest BCUT2D eigenvalue weighted by Gasteiger charge is 2.13. The Morgan fingerprint density at radius 3 is 2.75 bits per heavy atom. The molecule has 0 saturated carbocycles. The van der Waals surface area contributed by atoms with Crippen LogP contribution >= 0.6 is 11.3 Å². The third kappa shape index (κ3) is 4.31. The van der Waals surface area contributed by atoms with E-state index in [9.17, 15) is 9.59 Å². The number of anilines is 3. The van der Waals surface area contributed by atoms with Crippen molar-refractivity contribution in [1.29, 1.82) is 5.26 Å². The predicted molar refractivity (Wildman–Crippen MR) is 110 cm³/mol. The quantitative estimate of drug-likeness (QED) is 0.481. The van der Waals surface area contributed by atoms with Crippen LogP contribution in [0.3, 0.4) is 0 Å². The molecule has 3 rings (SSSR count). The summed E-state index contributed by atoms with van der Waals surface area (Å²) < 4.78 is 0. The number of hydrogen-bond donors (Lipinski definition) is 2. The van der Waals surface area contributed by atoms with E-state index >= 15 is 0 Å². The summed E-state index contributed by atoms with van der Waals surface area (Å²) in [6, 6.07) is 14.0. The molecule has 6 nitrogen and oxygen atoms in total. The van der Waals surface area contributed by atoms with Gasteiger partial charge in [-0.3, -0.25) is 9.59 Å². The van der Waals surface area contributed by atoms with Crippen LogP contribution in [0.5, 0.6) is 0 Å². The summed E-state index contributed by atoms with van der Waals surface area (Å²) in [5, 5.41) is 17.1. The predicted octanol–water partition coefficient (Wildman–Crippen LogP) is 4.42. The SMILES string of the molecule is C=CC(=O)Nc1csc(Nc2cc(C(=O)c3cccc(C#N)c3)ccc2C)n1. The molecule has 0 spiro atoms. The van der Waals surface area contributed by atoms with Crippen molar-refractivity contribution in [3.63, 3.8) is 0 Å². The Labute approximate surface area is 166 Å². The van der Waals surface area contributed by atoms with Crippen LogP contribution in [0, 0.1) is 18.3 Å². The van der Waals surface area contributed by atoms with Crippen LogP contribution in [0.4, 0.5) is 16.6 Å². The van der Waals surface area contributed by atoms with Gasteiger partial charge in [0.15, 0.2) is 10.9 Å². The Morgan fingerprint density at radius 2 is 2.00 bits per heavy atom. The third-order valence-electron chi connectivity index (χ3n) is 3.94. The lowest BCUT2D eigenvalue weighted by atomic mass is 10.00. The monoisotopic (exact) mass is 388 g/mol. The van der Waals surface area contributed by atoms with Crippen LogP contribution in [0.25, 0.3) is 0 Å². The van der Waals surface area contributed by atoms with Crippen LogP contribution in [0.2, 0.25) is 0 Å². The Bertz CT molecular complexity index is 1110. The number of thiazole rings is 1. The second kappa shape index (κ2) is 8.29. The summed E-state index contributed by atoms with van der Waals surface area (Å²) in [7, 11) is 0. The first-order chi connectivity index (χ1) is 13.5. The minimum absolute atomic E-state index is 0.168. The average molecular weight is 388 g/mol. The van der Waals surface area contributed by atoms with E-state index in [1.807, 2.05) is 19.1 Å². The largest absolute Gasteiger partial charge is 0.331 e. The number of benzene rings is 2. The molecule has 0 saturated heterocycles. The van der Waals surface area contributed by atoms with E-state index in [2.05, 4.69) is 22.2 Å². The number of nitrogens with one attached hydrogen (secondary N) is 2. The summed E-state index contributed by atoms with van der Waals surface area (Å²) in [4.78, 5) is 28.4. The van der Waals surface area contributed by atoms with Crippen molar-refractivity contribution in [2.24, 2.45) is 0 Å². The van der Waals surface area contributed by atoms with Gasteiger partial charge in [0.05, 0.1) is 11.6 Å². The lowest BCUT2D eigenvalue weighted by molar-refractivity contribution is -0.111. The van der Waals surface area contributed by atoms with Crippen molar-refractivity contribution >= 4 is 39.7 Å². The van der Waals surface area contributed by atoms with Gasteiger partial charge in [-0.1, -0.05) is 30.8 Å². The van der Waals surface area contributed by atoms with E-state index in [0.717, 1.165) is 11.3 Å². The Morgan fingerprint density at radius 1 is 1.21 bits per heavy atom. The molecule has 0 aliphatic carbocycles. The number of aryl methyl sites for hydroxylation is 1. The van der Waals surface area contributed by atoms with Crippen LogP contribution in [-0.2, 0) is 4.79 Å². The zero-order valence-electron chi connectivity index (χ0n) is 15.0. The maximum Gasteiger partial charge on any atom is 0.248 e. The number of ketones is 1. The summed E-state index contributed by atoms with van der Waals surface area (Å²) >= 11 is 1.33. The average Bonchev–Trinajstić information content (AvgIpc) is 3.15. The van der Waals surface area contributed by atoms with E-state index in [4.69, 9.17) is 5.26 Å². The molecule has 28 heavy (non-hydrogen) atoms. The molecule has 0 aliphatic heterocycles. The van der Waals surface area contributed by atoms with Crippen molar-refractivity contribution in [3.05, 3.63) is 82.8 Å². The molecule has 1 aromatic heterocycles. The van der Waals surface area contributed by atoms with E-state index in [1.54, 1.807) is 41.8 Å². The van der Waals surface area contributed by atoms with Gasteiger partial charge in [0.2, 0.25) is 5.91 Å². The van der Waals surface area contributed by atoms with E-state index in [-0.39, 0.29) is 11.7 Å². The molecule has 138 valence electrons. The lowest BCUT2D eigenvalue weighted by Gasteiger charge is -2.09. The van der Waals surface area contributed by atoms with Gasteiger partial charge < -0.3 is 10.6 Å². The summed E-state index contributed by atoms with van der Waals surface area (Å²) in [5.41, 5.74) is 3.07. The van der Waals surface area contributed by atoms with Gasteiger partial charge in [-0.2, -0.15) is 5.26 Å². The first-order valence-electron chi connectivity index (χ1n) is 8.31. The molecule has 0 radical (unpaired) electrons. The fourth-order valence-corrected chi connectivity index (χ4v) is 3.13. The highest BCUT2D eigenvalue weighted by atomic mass is 32.1. The highest BCUT2D eigenvalue weighted by Crippen LogP contribution is 2.27. The van der Waals surface area contributed by atoms with Crippen LogP contribution in [0.15, 0.2) is 60.5 Å². The fourth-order valence-electron chi connectivity index (χ4n) is 2.48. The Balaban J connectivity index is 1.83. The molecule has 0 atom stereocenters. The Kier molecular flexibility index (Phi) is 5.63. The number of rotatable bonds is 6. The molecule has 7 heteroatoms. The molecule has 0 fully saturated rings. The van der Waals surface area contributed by atoms with Gasteiger partial charge >= 0.3 is 0 Å². The fraction of sp³-hybridized carbons (Fsp3) is 0.0476. The van der Waals surface area contributed by atoms with Crippen LogP contribution in [0.1, 0.15) is 27.0 Å². The Hall–Kier alpha value is -3.76. The molecule has 0 bridgehead atoms. The molecule has 3 aromatic rings. The first kappa shape index (κ1) is 19.0. The maximum atomic E-state index is 12.8. The smallest absolute Gasteiger partial charge is 0.248 e. The number of hydrogen-bond acceptors (Lipinski definition) is 6. The van der Waals surface area contributed by atoms with E-state index in [1.165, 1.54) is 17.4 Å². The molecule has 1 heterocycles. The standard InChI is InChI=1S/C21H16N4O2S/c1-3-19(26)24-18-12-28-21(25-18)23-17-10-16(8-7-13(17)2)20(27)15-6-4-5-14(9-15)11-22/h3-10,12H,1H2,2H3,(H,23,25)(H,24,26). The van der Waals surface area contributed by atoms with E-state index < -0.39 is 0 Å². The van der Waals surface area contributed by atoms with Crippen molar-refractivity contribution in [2.45, 2.75) is 6.92 Å². The van der Waals surface area contributed by atoms with Gasteiger partial charge in [0, 0.05) is 22.2 Å². The number of carbonyl (C=O) groups excluding carboxylic acids is 2. The van der Waals surface area contributed by atoms with Crippen molar-refractivity contribution in [2.75, 3.05) is 10.6 Å². The number of aromatic nitrogens is 1. The first-order valence-corrected chi connectivity index (χ1v) is 9.19. The van der Waals surface area contributed by atoms with Gasteiger partial charge in [-0.05, 0) is 36.8 Å². The highest BCUT2D eigenvalue weighted by molar-refractivity contribution is 7.14. The normalized spacial score (nSPS) is 10.0. The number of nitriles is 1. The summed E-state index contributed by atoms with van der Waals surface area (Å²) in [6.07, 6.45) is 1.17. The minimum Gasteiger partial charge on any atom is -0.331 e. The summed E-state index contributed by atoms with van der Waals surface area (Å²) in [6.45, 7) is 5.32. The molecule has 1 amide bonds. The molecular weight excluding hydrogens is 372 g/mol. The molecule has 2 N–H and O–H groups in total. The third-order valence-corrected chi connectivity index (χ3v) is 4.69. The van der Waals surface area contributed by atoms with Crippen molar-refractivity contribution in [3.8, 4) is 6.07 Å². The van der Waals surface area contributed by atoms with Gasteiger partial charge in [-0.15, -0.1) is 11.3 Å². The number of nitrogens with zero attached hydrogens (tertiary/aromatic N) is 2. The summed E-state index contributed by atoms with van der Waals surface area (Å²) in [5.74, 6) is -0.0750. The molecule has 0 aliphatic rings. The van der Waals surface area contributed by atoms with Crippen LogP contribution < -0.4 is 10.6 Å². The maximum absolute atomic E-state index is 12.8. The van der Waals surface area contributed by atoms with Crippen molar-refractivity contribution < 1.29 is 9.59 Å². The lowest BCUT2D eigenvalue weighted by Crippen LogP contribution is -2.07. The number of carbonyl (C=O) groups is 2. The van der Waals surface area contributed by atoms with Gasteiger partial charge in [-0.25, -0.2) is 4.98 Å². The minimum atomic E-state index is -0.333. The second-order valence-corrected chi connectivity index (χ2v) is 6.77. The second-order valence-electron chi connectivity index (χ2n) is 5.91. The van der Waals surface area contributed by atoms with Crippen molar-refractivity contribution in [1.82, 2.24) is 4.98 Å². The van der Waals surface area contributed by atoms with Crippen LogP contribution in [-0.4, -0.2) is 16.7 Å². The zero-order chi connectivity index (χ0) is 20.1.